The van der Waals surface area contributed by atoms with Gasteiger partial charge in [-0.25, -0.2) is 0 Å². The minimum absolute atomic E-state index is 0.567. The SMILES string of the molecule is CCNC(CCC(C)C)Cc1ccc(CC)cn1. The summed E-state index contributed by atoms with van der Waals surface area (Å²) in [6.07, 6.45) is 6.65. The van der Waals surface area contributed by atoms with E-state index in [0.717, 1.165) is 25.3 Å². The van der Waals surface area contributed by atoms with Crippen molar-refractivity contribution in [2.45, 2.75) is 59.4 Å². The van der Waals surface area contributed by atoms with Crippen LogP contribution in [0.2, 0.25) is 0 Å². The van der Waals surface area contributed by atoms with Gasteiger partial charge in [0.15, 0.2) is 0 Å². The molecule has 1 N–H and O–H groups in total. The lowest BCUT2D eigenvalue weighted by atomic mass is 9.99. The predicted octanol–water partition coefficient (Wildman–Crippen LogP) is 3.60. The van der Waals surface area contributed by atoms with Crippen molar-refractivity contribution in [1.29, 1.82) is 0 Å². The van der Waals surface area contributed by atoms with E-state index in [-0.39, 0.29) is 0 Å². The Balaban J connectivity index is 2.52. The Bertz CT molecular complexity index is 316. The third-order valence-electron chi connectivity index (χ3n) is 3.34. The second-order valence-corrected chi connectivity index (χ2v) is 5.44. The number of hydrogen-bond acceptors (Lipinski definition) is 2. The Morgan fingerprint density at radius 1 is 1.17 bits per heavy atom. The summed E-state index contributed by atoms with van der Waals surface area (Å²) in [4.78, 5) is 4.56. The van der Waals surface area contributed by atoms with Crippen molar-refractivity contribution < 1.29 is 0 Å². The summed E-state index contributed by atoms with van der Waals surface area (Å²) < 4.78 is 0. The van der Waals surface area contributed by atoms with E-state index >= 15 is 0 Å². The van der Waals surface area contributed by atoms with Crippen LogP contribution < -0.4 is 5.32 Å². The molecule has 0 fully saturated rings. The van der Waals surface area contributed by atoms with E-state index in [2.05, 4.69) is 50.1 Å². The maximum absolute atomic E-state index is 4.56. The zero-order valence-corrected chi connectivity index (χ0v) is 12.4. The fourth-order valence-electron chi connectivity index (χ4n) is 2.14. The zero-order chi connectivity index (χ0) is 13.4. The van der Waals surface area contributed by atoms with E-state index in [0.29, 0.717) is 6.04 Å². The summed E-state index contributed by atoms with van der Waals surface area (Å²) in [6.45, 7) is 9.96. The number of hydrogen-bond donors (Lipinski definition) is 1. The minimum atomic E-state index is 0.567. The van der Waals surface area contributed by atoms with Crippen LogP contribution in [0.15, 0.2) is 18.3 Å². The van der Waals surface area contributed by atoms with Crippen LogP contribution in [0.1, 0.15) is 51.8 Å². The van der Waals surface area contributed by atoms with Gasteiger partial charge in [-0.1, -0.05) is 33.8 Å². The van der Waals surface area contributed by atoms with Crippen molar-refractivity contribution >= 4 is 0 Å². The van der Waals surface area contributed by atoms with E-state index < -0.39 is 0 Å². The molecule has 0 spiro atoms. The first-order valence-electron chi connectivity index (χ1n) is 7.32. The molecule has 0 aliphatic rings. The highest BCUT2D eigenvalue weighted by atomic mass is 14.9. The zero-order valence-electron chi connectivity index (χ0n) is 12.4. The number of likely N-dealkylation sites (N-methyl/N-ethyl adjacent to an activating group) is 1. The first-order valence-corrected chi connectivity index (χ1v) is 7.32. The van der Waals surface area contributed by atoms with Crippen molar-refractivity contribution in [3.05, 3.63) is 29.6 Å². The van der Waals surface area contributed by atoms with Gasteiger partial charge in [0, 0.05) is 24.4 Å². The highest BCUT2D eigenvalue weighted by Crippen LogP contribution is 2.11. The van der Waals surface area contributed by atoms with Crippen LogP contribution in [0.5, 0.6) is 0 Å². The van der Waals surface area contributed by atoms with Gasteiger partial charge in [0.05, 0.1) is 0 Å². The maximum Gasteiger partial charge on any atom is 0.0419 e. The Kier molecular flexibility index (Phi) is 6.96. The molecule has 2 heteroatoms. The summed E-state index contributed by atoms with van der Waals surface area (Å²) in [6, 6.07) is 4.95. The van der Waals surface area contributed by atoms with Crippen molar-refractivity contribution in [3.63, 3.8) is 0 Å². The first kappa shape index (κ1) is 15.2. The number of rotatable bonds is 8. The summed E-state index contributed by atoms with van der Waals surface area (Å²) in [5, 5.41) is 3.58. The maximum atomic E-state index is 4.56. The highest BCUT2D eigenvalue weighted by molar-refractivity contribution is 5.14. The standard InChI is InChI=1S/C16H28N2/c1-5-14-8-10-16(18-12-14)11-15(17-6-2)9-7-13(3)4/h8,10,12-13,15,17H,5-7,9,11H2,1-4H3. The monoisotopic (exact) mass is 248 g/mol. The molecule has 0 saturated heterocycles. The van der Waals surface area contributed by atoms with Gasteiger partial charge in [0.25, 0.3) is 0 Å². The molecule has 0 saturated carbocycles. The number of nitrogens with one attached hydrogen (secondary N) is 1. The smallest absolute Gasteiger partial charge is 0.0419 e. The van der Waals surface area contributed by atoms with Crippen molar-refractivity contribution in [2.24, 2.45) is 5.92 Å². The third-order valence-corrected chi connectivity index (χ3v) is 3.34. The average Bonchev–Trinajstić information content (AvgIpc) is 2.37. The van der Waals surface area contributed by atoms with Crippen LogP contribution in [-0.4, -0.2) is 17.6 Å². The topological polar surface area (TPSA) is 24.9 Å². The van der Waals surface area contributed by atoms with E-state index in [4.69, 9.17) is 0 Å². The number of aromatic nitrogens is 1. The molecule has 1 heterocycles. The van der Waals surface area contributed by atoms with Gasteiger partial charge < -0.3 is 5.32 Å². The number of aryl methyl sites for hydroxylation is 1. The minimum Gasteiger partial charge on any atom is -0.314 e. The molecule has 0 aliphatic heterocycles. The van der Waals surface area contributed by atoms with E-state index in [1.807, 2.05) is 6.20 Å². The van der Waals surface area contributed by atoms with Crippen LogP contribution in [0.3, 0.4) is 0 Å². The lowest BCUT2D eigenvalue weighted by Crippen LogP contribution is -2.31. The Morgan fingerprint density at radius 3 is 2.44 bits per heavy atom. The molecule has 0 radical (unpaired) electrons. The summed E-state index contributed by atoms with van der Waals surface area (Å²) in [5.41, 5.74) is 2.53. The molecule has 0 amide bonds. The molecule has 0 aromatic carbocycles. The Morgan fingerprint density at radius 2 is 1.94 bits per heavy atom. The summed E-state index contributed by atoms with van der Waals surface area (Å²) >= 11 is 0. The lowest BCUT2D eigenvalue weighted by molar-refractivity contribution is 0.432. The summed E-state index contributed by atoms with van der Waals surface area (Å²) in [5.74, 6) is 0.779. The fraction of sp³-hybridized carbons (Fsp3) is 0.688. The molecule has 0 bridgehead atoms. The molecule has 18 heavy (non-hydrogen) atoms. The molecule has 2 nitrogen and oxygen atoms in total. The largest absolute Gasteiger partial charge is 0.314 e. The normalized spacial score (nSPS) is 12.9. The van der Waals surface area contributed by atoms with E-state index in [9.17, 15) is 0 Å². The molecule has 1 aromatic heterocycles. The molecule has 0 aliphatic carbocycles. The molecular weight excluding hydrogens is 220 g/mol. The summed E-state index contributed by atoms with van der Waals surface area (Å²) in [7, 11) is 0. The van der Waals surface area contributed by atoms with Gasteiger partial charge in [0.1, 0.15) is 0 Å². The second kappa shape index (κ2) is 8.25. The van der Waals surface area contributed by atoms with Crippen LogP contribution in [0.4, 0.5) is 0 Å². The Labute approximate surface area is 112 Å². The van der Waals surface area contributed by atoms with Crippen LogP contribution in [-0.2, 0) is 12.8 Å². The predicted molar refractivity (Wildman–Crippen MR) is 78.9 cm³/mol. The Hall–Kier alpha value is -0.890. The molecule has 1 unspecified atom stereocenters. The van der Waals surface area contributed by atoms with E-state index in [1.54, 1.807) is 0 Å². The lowest BCUT2D eigenvalue weighted by Gasteiger charge is -2.18. The van der Waals surface area contributed by atoms with Gasteiger partial charge >= 0.3 is 0 Å². The molecule has 1 rings (SSSR count). The van der Waals surface area contributed by atoms with E-state index in [1.165, 1.54) is 24.1 Å². The van der Waals surface area contributed by atoms with Gasteiger partial charge in [-0.3, -0.25) is 4.98 Å². The highest BCUT2D eigenvalue weighted by Gasteiger charge is 2.10. The van der Waals surface area contributed by atoms with Gasteiger partial charge in [0.2, 0.25) is 0 Å². The second-order valence-electron chi connectivity index (χ2n) is 5.44. The number of nitrogens with zero attached hydrogens (tertiary/aromatic N) is 1. The third kappa shape index (κ3) is 5.63. The van der Waals surface area contributed by atoms with Crippen molar-refractivity contribution in [1.82, 2.24) is 10.3 Å². The van der Waals surface area contributed by atoms with Gasteiger partial charge in [-0.2, -0.15) is 0 Å². The average molecular weight is 248 g/mol. The van der Waals surface area contributed by atoms with Crippen molar-refractivity contribution in [2.75, 3.05) is 6.54 Å². The van der Waals surface area contributed by atoms with Crippen LogP contribution in [0.25, 0.3) is 0 Å². The molecule has 102 valence electrons. The van der Waals surface area contributed by atoms with Crippen molar-refractivity contribution in [3.8, 4) is 0 Å². The quantitative estimate of drug-likeness (QED) is 0.760. The molecule has 1 aromatic rings. The molecule has 1 atom stereocenters. The first-order chi connectivity index (χ1) is 8.65. The molecular formula is C16H28N2. The van der Waals surface area contributed by atoms with Gasteiger partial charge in [-0.15, -0.1) is 0 Å². The van der Waals surface area contributed by atoms with Gasteiger partial charge in [-0.05, 0) is 43.4 Å². The fourth-order valence-corrected chi connectivity index (χ4v) is 2.14. The van der Waals surface area contributed by atoms with Crippen LogP contribution in [0, 0.1) is 5.92 Å². The van der Waals surface area contributed by atoms with Crippen LogP contribution >= 0.6 is 0 Å². The number of pyridine rings is 1.